The molecule has 0 radical (unpaired) electrons. The summed E-state index contributed by atoms with van der Waals surface area (Å²) in [7, 11) is 0. The number of H-pyrrole nitrogens is 1. The van der Waals surface area contributed by atoms with E-state index in [4.69, 9.17) is 4.74 Å². The van der Waals surface area contributed by atoms with Crippen LogP contribution in [0.15, 0.2) is 24.5 Å². The molecule has 0 aliphatic rings. The lowest BCUT2D eigenvalue weighted by Gasteiger charge is -2.03. The Morgan fingerprint density at radius 1 is 1.59 bits per heavy atom. The highest BCUT2D eigenvalue weighted by atomic mass is 16.5. The quantitative estimate of drug-likeness (QED) is 0.446. The lowest BCUT2D eigenvalue weighted by Crippen LogP contribution is -2.38. The van der Waals surface area contributed by atoms with E-state index in [-0.39, 0.29) is 5.97 Å². The first-order chi connectivity index (χ1) is 8.15. The summed E-state index contributed by atoms with van der Waals surface area (Å²) >= 11 is 0. The van der Waals surface area contributed by atoms with Gasteiger partial charge in [0.1, 0.15) is 25.5 Å². The molecule has 0 bridgehead atoms. The van der Waals surface area contributed by atoms with Crippen molar-refractivity contribution in [2.24, 2.45) is 0 Å². The molecule has 0 aliphatic carbocycles. The molecule has 0 saturated heterocycles. The van der Waals surface area contributed by atoms with E-state index in [1.165, 1.54) is 12.2 Å². The average molecular weight is 237 g/mol. The van der Waals surface area contributed by atoms with Crippen LogP contribution >= 0.6 is 0 Å². The fourth-order valence-electron chi connectivity index (χ4n) is 1.53. The van der Waals surface area contributed by atoms with E-state index in [9.17, 15) is 4.79 Å². The first-order valence-electron chi connectivity index (χ1n) is 6.03. The Morgan fingerprint density at radius 3 is 3.00 bits per heavy atom. The first kappa shape index (κ1) is 13.5. The van der Waals surface area contributed by atoms with E-state index in [0.29, 0.717) is 18.7 Å². The summed E-state index contributed by atoms with van der Waals surface area (Å²) in [4.78, 5) is 14.4. The standard InChI is InChI=1S/C13H20N2O2/c1-4-5-6-12-14-7-8-15(12)9-10-17-13(16)11(2)3/h7-8H,2,4-6,9-10H2,1,3H3/p+1. The minimum absolute atomic E-state index is 0.323. The topological polar surface area (TPSA) is 46.0 Å². The number of unbranched alkanes of at least 4 members (excludes halogenated alkanes) is 1. The summed E-state index contributed by atoms with van der Waals surface area (Å²) in [6, 6.07) is 0. The number of aromatic amines is 1. The van der Waals surface area contributed by atoms with Crippen molar-refractivity contribution in [3.05, 3.63) is 30.4 Å². The SMILES string of the molecule is C=C(C)C(=O)OCC[n+]1cc[nH]c1CCCC. The number of esters is 1. The fourth-order valence-corrected chi connectivity index (χ4v) is 1.53. The Bertz CT molecular complexity index is 383. The number of ether oxygens (including phenoxy) is 1. The normalized spacial score (nSPS) is 10.2. The summed E-state index contributed by atoms with van der Waals surface area (Å²) in [5, 5.41) is 0. The number of hydrogen-bond acceptors (Lipinski definition) is 2. The Morgan fingerprint density at radius 2 is 2.35 bits per heavy atom. The van der Waals surface area contributed by atoms with Crippen molar-refractivity contribution in [2.45, 2.75) is 39.7 Å². The van der Waals surface area contributed by atoms with Crippen LogP contribution in [0.25, 0.3) is 0 Å². The van der Waals surface area contributed by atoms with Gasteiger partial charge in [-0.2, -0.15) is 0 Å². The zero-order chi connectivity index (χ0) is 12.7. The number of hydrogen-bond donors (Lipinski definition) is 1. The number of rotatable bonds is 7. The summed E-state index contributed by atoms with van der Waals surface area (Å²) in [5.41, 5.74) is 0.440. The number of nitrogens with one attached hydrogen (secondary N) is 1. The van der Waals surface area contributed by atoms with Crippen LogP contribution in [0.1, 0.15) is 32.5 Å². The van der Waals surface area contributed by atoms with Crippen LogP contribution in [0.5, 0.6) is 0 Å². The third kappa shape index (κ3) is 4.43. The minimum atomic E-state index is -0.323. The Kier molecular flexibility index (Phi) is 5.46. The lowest BCUT2D eigenvalue weighted by atomic mass is 10.2. The smallest absolute Gasteiger partial charge is 0.333 e. The molecule has 0 aromatic carbocycles. The van der Waals surface area contributed by atoms with Crippen molar-refractivity contribution in [1.29, 1.82) is 0 Å². The number of imidazole rings is 1. The summed E-state index contributed by atoms with van der Waals surface area (Å²) in [6.07, 6.45) is 7.23. The van der Waals surface area contributed by atoms with Gasteiger partial charge < -0.3 is 4.74 Å². The number of carbonyl (C=O) groups is 1. The highest BCUT2D eigenvalue weighted by Crippen LogP contribution is 1.97. The molecule has 1 aromatic rings. The van der Waals surface area contributed by atoms with Gasteiger partial charge in [-0.05, 0) is 13.3 Å². The van der Waals surface area contributed by atoms with Crippen molar-refractivity contribution in [1.82, 2.24) is 4.98 Å². The fraction of sp³-hybridized carbons (Fsp3) is 0.538. The van der Waals surface area contributed by atoms with Crippen LogP contribution in [-0.2, 0) is 22.5 Å². The molecule has 0 unspecified atom stereocenters. The molecule has 0 spiro atoms. The van der Waals surface area contributed by atoms with Gasteiger partial charge in [0.2, 0.25) is 0 Å². The minimum Gasteiger partial charge on any atom is -0.458 e. The van der Waals surface area contributed by atoms with Crippen molar-refractivity contribution in [3.63, 3.8) is 0 Å². The number of nitrogens with zero attached hydrogens (tertiary/aromatic N) is 1. The molecule has 0 saturated carbocycles. The largest absolute Gasteiger partial charge is 0.458 e. The molecule has 4 nitrogen and oxygen atoms in total. The van der Waals surface area contributed by atoms with Gasteiger partial charge in [-0.1, -0.05) is 19.9 Å². The monoisotopic (exact) mass is 237 g/mol. The second-order valence-electron chi connectivity index (χ2n) is 4.12. The molecule has 1 N–H and O–H groups in total. The van der Waals surface area contributed by atoms with Crippen molar-refractivity contribution >= 4 is 5.97 Å². The predicted molar refractivity (Wildman–Crippen MR) is 65.4 cm³/mol. The highest BCUT2D eigenvalue weighted by Gasteiger charge is 2.10. The Labute approximate surface area is 102 Å². The number of aryl methyl sites for hydroxylation is 1. The van der Waals surface area contributed by atoms with Crippen LogP contribution < -0.4 is 4.57 Å². The predicted octanol–water partition coefficient (Wildman–Crippen LogP) is 1.76. The molecule has 1 aromatic heterocycles. The van der Waals surface area contributed by atoms with Gasteiger partial charge in [-0.25, -0.2) is 14.3 Å². The summed E-state index contributed by atoms with van der Waals surface area (Å²) in [5.74, 6) is 0.856. The number of aromatic nitrogens is 2. The second kappa shape index (κ2) is 6.89. The average Bonchev–Trinajstić information content (AvgIpc) is 2.73. The zero-order valence-corrected chi connectivity index (χ0v) is 10.7. The van der Waals surface area contributed by atoms with Crippen molar-refractivity contribution in [3.8, 4) is 0 Å². The third-order valence-electron chi connectivity index (χ3n) is 2.53. The second-order valence-corrected chi connectivity index (χ2v) is 4.12. The highest BCUT2D eigenvalue weighted by molar-refractivity contribution is 5.86. The zero-order valence-electron chi connectivity index (χ0n) is 10.7. The molecule has 1 heterocycles. The summed E-state index contributed by atoms with van der Waals surface area (Å²) in [6.45, 7) is 8.43. The van der Waals surface area contributed by atoms with Gasteiger partial charge in [0, 0.05) is 12.0 Å². The van der Waals surface area contributed by atoms with Gasteiger partial charge in [-0.3, -0.25) is 0 Å². The van der Waals surface area contributed by atoms with Crippen LogP contribution in [0, 0.1) is 0 Å². The van der Waals surface area contributed by atoms with Gasteiger partial charge in [-0.15, -0.1) is 0 Å². The van der Waals surface area contributed by atoms with Gasteiger partial charge in [0.25, 0.3) is 5.82 Å². The maximum absolute atomic E-state index is 11.2. The van der Waals surface area contributed by atoms with Crippen LogP contribution in [0.2, 0.25) is 0 Å². The van der Waals surface area contributed by atoms with E-state index >= 15 is 0 Å². The van der Waals surface area contributed by atoms with E-state index in [0.717, 1.165) is 12.8 Å². The van der Waals surface area contributed by atoms with Crippen molar-refractivity contribution < 1.29 is 14.1 Å². The van der Waals surface area contributed by atoms with Crippen LogP contribution in [-0.4, -0.2) is 17.6 Å². The molecule has 0 amide bonds. The Balaban J connectivity index is 2.38. The van der Waals surface area contributed by atoms with Crippen LogP contribution in [0.4, 0.5) is 0 Å². The molecule has 0 fully saturated rings. The van der Waals surface area contributed by atoms with Crippen LogP contribution in [0.3, 0.4) is 0 Å². The van der Waals surface area contributed by atoms with E-state index in [2.05, 4.69) is 23.1 Å². The van der Waals surface area contributed by atoms with Gasteiger partial charge in [0.05, 0.1) is 0 Å². The van der Waals surface area contributed by atoms with Gasteiger partial charge >= 0.3 is 5.97 Å². The molecular formula is C13H21N2O2+. The maximum Gasteiger partial charge on any atom is 0.333 e. The summed E-state index contributed by atoms with van der Waals surface area (Å²) < 4.78 is 7.15. The number of carbonyl (C=O) groups excluding carboxylic acids is 1. The van der Waals surface area contributed by atoms with Gasteiger partial charge in [0.15, 0.2) is 0 Å². The van der Waals surface area contributed by atoms with E-state index in [1.807, 2.05) is 12.4 Å². The first-order valence-corrected chi connectivity index (χ1v) is 6.03. The Hall–Kier alpha value is -1.58. The molecule has 94 valence electrons. The van der Waals surface area contributed by atoms with E-state index < -0.39 is 0 Å². The molecular weight excluding hydrogens is 216 g/mol. The molecule has 0 atom stereocenters. The lowest BCUT2D eigenvalue weighted by molar-refractivity contribution is -0.703. The molecule has 4 heteroatoms. The maximum atomic E-state index is 11.2. The molecule has 17 heavy (non-hydrogen) atoms. The molecule has 0 aliphatic heterocycles. The van der Waals surface area contributed by atoms with E-state index in [1.54, 1.807) is 6.92 Å². The third-order valence-corrected chi connectivity index (χ3v) is 2.53. The van der Waals surface area contributed by atoms with Crippen molar-refractivity contribution in [2.75, 3.05) is 6.61 Å². The molecule has 1 rings (SSSR count).